The lowest BCUT2D eigenvalue weighted by molar-refractivity contribution is 0.174. The van der Waals surface area contributed by atoms with Gasteiger partial charge in [0.2, 0.25) is 6.79 Å². The molecule has 1 saturated carbocycles. The number of ether oxygens (including phenoxy) is 2. The summed E-state index contributed by atoms with van der Waals surface area (Å²) in [7, 11) is 0. The van der Waals surface area contributed by atoms with E-state index in [1.807, 2.05) is 18.2 Å². The van der Waals surface area contributed by atoms with Gasteiger partial charge in [0.15, 0.2) is 17.5 Å². The summed E-state index contributed by atoms with van der Waals surface area (Å²) in [5, 5.41) is 3.35. The lowest BCUT2D eigenvalue weighted by atomic mass is 10.1. The van der Waals surface area contributed by atoms with Crippen molar-refractivity contribution in [2.75, 3.05) is 6.79 Å². The lowest BCUT2D eigenvalue weighted by Gasteiger charge is -2.16. The van der Waals surface area contributed by atoms with Gasteiger partial charge in [0.1, 0.15) is 0 Å². The summed E-state index contributed by atoms with van der Waals surface area (Å²) >= 11 is 0. The Morgan fingerprint density at radius 2 is 1.86 bits per heavy atom. The van der Waals surface area contributed by atoms with Crippen LogP contribution < -0.4 is 20.5 Å². The fourth-order valence-electron chi connectivity index (χ4n) is 2.89. The Bertz CT molecular complexity index is 514. The maximum atomic E-state index is 6.00. The number of rotatable bonds is 3. The minimum absolute atomic E-state index is 0. The quantitative estimate of drug-likeness (QED) is 0.343. The summed E-state index contributed by atoms with van der Waals surface area (Å²) in [5.74, 6) is 2.13. The normalized spacial score (nSPS) is 18.5. The Morgan fingerprint density at radius 1 is 1.14 bits per heavy atom. The Balaban J connectivity index is 0.00000176. The van der Waals surface area contributed by atoms with Gasteiger partial charge in [-0.3, -0.25) is 0 Å². The number of nitrogens with one attached hydrogen (secondary N) is 1. The average Bonchev–Trinajstić information content (AvgIpc) is 2.81. The fraction of sp³-hybridized carbons (Fsp3) is 0.562. The van der Waals surface area contributed by atoms with Crippen LogP contribution in [0.3, 0.4) is 0 Å². The topological polar surface area (TPSA) is 68.9 Å². The highest BCUT2D eigenvalue weighted by Gasteiger charge is 2.14. The molecule has 1 heterocycles. The summed E-state index contributed by atoms with van der Waals surface area (Å²) < 4.78 is 10.7. The summed E-state index contributed by atoms with van der Waals surface area (Å²) in [6.07, 6.45) is 7.64. The first-order chi connectivity index (χ1) is 10.3. The smallest absolute Gasteiger partial charge is 0.231 e. The largest absolute Gasteiger partial charge is 0.454 e. The highest BCUT2D eigenvalue weighted by molar-refractivity contribution is 14.0. The van der Waals surface area contributed by atoms with E-state index < -0.39 is 0 Å². The third-order valence-electron chi connectivity index (χ3n) is 4.08. The zero-order chi connectivity index (χ0) is 14.5. The third kappa shape index (κ3) is 4.66. The molecule has 22 heavy (non-hydrogen) atoms. The van der Waals surface area contributed by atoms with Crippen molar-refractivity contribution in [2.24, 2.45) is 10.7 Å². The van der Waals surface area contributed by atoms with E-state index in [-0.39, 0.29) is 24.0 Å². The van der Waals surface area contributed by atoms with E-state index in [0.717, 1.165) is 17.1 Å². The number of hydrogen-bond acceptors (Lipinski definition) is 3. The summed E-state index contributed by atoms with van der Waals surface area (Å²) in [4.78, 5) is 4.43. The van der Waals surface area contributed by atoms with Gasteiger partial charge in [0.05, 0.1) is 6.54 Å². The Hall–Kier alpha value is -1.18. The third-order valence-corrected chi connectivity index (χ3v) is 4.08. The molecule has 1 aliphatic carbocycles. The highest BCUT2D eigenvalue weighted by atomic mass is 127. The Morgan fingerprint density at radius 3 is 2.64 bits per heavy atom. The maximum Gasteiger partial charge on any atom is 0.231 e. The average molecular weight is 417 g/mol. The molecule has 3 rings (SSSR count). The molecule has 0 radical (unpaired) electrons. The standard InChI is InChI=1S/C16H23N3O2.HI/c17-16(19-13-5-3-1-2-4-6-13)18-10-12-7-8-14-15(9-12)21-11-20-14;/h7-9,13H,1-6,10-11H2,(H3,17,18,19);1H. The zero-order valence-corrected chi connectivity index (χ0v) is 15.0. The van der Waals surface area contributed by atoms with Crippen LogP contribution in [0.4, 0.5) is 0 Å². The minimum atomic E-state index is 0. The number of hydrogen-bond donors (Lipinski definition) is 2. The molecule has 0 aromatic heterocycles. The Labute approximate surface area is 148 Å². The number of aliphatic imine (C=N–C) groups is 1. The van der Waals surface area contributed by atoms with Gasteiger partial charge in [0.25, 0.3) is 0 Å². The molecule has 0 bridgehead atoms. The van der Waals surface area contributed by atoms with Gasteiger partial charge in [-0.25, -0.2) is 4.99 Å². The van der Waals surface area contributed by atoms with Crippen molar-refractivity contribution >= 4 is 29.9 Å². The van der Waals surface area contributed by atoms with E-state index >= 15 is 0 Å². The lowest BCUT2D eigenvalue weighted by Crippen LogP contribution is -2.39. The van der Waals surface area contributed by atoms with Gasteiger partial charge in [-0.2, -0.15) is 0 Å². The first-order valence-corrected chi connectivity index (χ1v) is 7.76. The second kappa shape index (κ2) is 8.45. The van der Waals surface area contributed by atoms with Crippen molar-refractivity contribution in [3.63, 3.8) is 0 Å². The van der Waals surface area contributed by atoms with Crippen LogP contribution in [0.5, 0.6) is 11.5 Å². The molecule has 1 aromatic carbocycles. The van der Waals surface area contributed by atoms with Crippen LogP contribution in [0.2, 0.25) is 0 Å². The molecule has 1 aromatic rings. The van der Waals surface area contributed by atoms with Gasteiger partial charge in [-0.05, 0) is 30.5 Å². The molecule has 1 fully saturated rings. The van der Waals surface area contributed by atoms with Crippen molar-refractivity contribution in [2.45, 2.75) is 51.1 Å². The van der Waals surface area contributed by atoms with Crippen LogP contribution in [0.1, 0.15) is 44.1 Å². The number of benzene rings is 1. The molecule has 2 aliphatic rings. The molecule has 0 unspecified atom stereocenters. The monoisotopic (exact) mass is 417 g/mol. The van der Waals surface area contributed by atoms with E-state index in [9.17, 15) is 0 Å². The molecule has 0 amide bonds. The van der Waals surface area contributed by atoms with E-state index in [1.54, 1.807) is 0 Å². The number of guanidine groups is 1. The molecule has 1 aliphatic heterocycles. The molecular formula is C16H24IN3O2. The number of fused-ring (bicyclic) bond motifs is 1. The number of nitrogens with two attached hydrogens (primary N) is 1. The summed E-state index contributed by atoms with van der Waals surface area (Å²) in [6.45, 7) is 0.857. The van der Waals surface area contributed by atoms with E-state index in [2.05, 4.69) is 10.3 Å². The molecule has 0 saturated heterocycles. The molecular weight excluding hydrogens is 393 g/mol. The second-order valence-corrected chi connectivity index (χ2v) is 5.72. The maximum absolute atomic E-state index is 6.00. The fourth-order valence-corrected chi connectivity index (χ4v) is 2.89. The predicted octanol–water partition coefficient (Wildman–Crippen LogP) is 3.16. The van der Waals surface area contributed by atoms with Crippen molar-refractivity contribution < 1.29 is 9.47 Å². The summed E-state index contributed by atoms with van der Waals surface area (Å²) in [5.41, 5.74) is 7.07. The number of halogens is 1. The first-order valence-electron chi connectivity index (χ1n) is 7.76. The molecule has 122 valence electrons. The van der Waals surface area contributed by atoms with E-state index in [1.165, 1.54) is 38.5 Å². The van der Waals surface area contributed by atoms with Crippen molar-refractivity contribution in [3.05, 3.63) is 23.8 Å². The van der Waals surface area contributed by atoms with Crippen LogP contribution in [-0.2, 0) is 6.54 Å². The molecule has 0 atom stereocenters. The van der Waals surface area contributed by atoms with Crippen molar-refractivity contribution in [1.82, 2.24) is 5.32 Å². The van der Waals surface area contributed by atoms with Crippen molar-refractivity contribution in [3.8, 4) is 11.5 Å². The molecule has 0 spiro atoms. The van der Waals surface area contributed by atoms with Crippen LogP contribution in [-0.4, -0.2) is 18.8 Å². The minimum Gasteiger partial charge on any atom is -0.454 e. The van der Waals surface area contributed by atoms with Gasteiger partial charge in [-0.1, -0.05) is 31.7 Å². The molecule has 3 N–H and O–H groups in total. The number of nitrogens with zero attached hydrogens (tertiary/aromatic N) is 1. The van der Waals surface area contributed by atoms with E-state index in [4.69, 9.17) is 15.2 Å². The van der Waals surface area contributed by atoms with Crippen LogP contribution >= 0.6 is 24.0 Å². The SMILES string of the molecule is I.NC(=NCc1ccc2c(c1)OCO2)NC1CCCCCC1. The van der Waals surface area contributed by atoms with Crippen LogP contribution in [0, 0.1) is 0 Å². The Kier molecular flexibility index (Phi) is 6.60. The van der Waals surface area contributed by atoms with Crippen molar-refractivity contribution in [1.29, 1.82) is 0 Å². The second-order valence-electron chi connectivity index (χ2n) is 5.72. The summed E-state index contributed by atoms with van der Waals surface area (Å²) in [6, 6.07) is 6.36. The predicted molar refractivity (Wildman–Crippen MR) is 97.9 cm³/mol. The van der Waals surface area contributed by atoms with Crippen LogP contribution in [0.25, 0.3) is 0 Å². The van der Waals surface area contributed by atoms with E-state index in [0.29, 0.717) is 25.3 Å². The molecule has 5 nitrogen and oxygen atoms in total. The van der Waals surface area contributed by atoms with Gasteiger partial charge < -0.3 is 20.5 Å². The zero-order valence-electron chi connectivity index (χ0n) is 12.7. The van der Waals surface area contributed by atoms with Crippen LogP contribution in [0.15, 0.2) is 23.2 Å². The molecule has 6 heteroatoms. The first kappa shape index (κ1) is 17.2. The van der Waals surface area contributed by atoms with Gasteiger partial charge in [0, 0.05) is 6.04 Å². The van der Waals surface area contributed by atoms with Gasteiger partial charge >= 0.3 is 0 Å². The van der Waals surface area contributed by atoms with Gasteiger partial charge in [-0.15, -0.1) is 24.0 Å². The highest BCUT2D eigenvalue weighted by Crippen LogP contribution is 2.32.